The van der Waals surface area contributed by atoms with E-state index >= 15 is 0 Å². The Morgan fingerprint density at radius 2 is 1.96 bits per heavy atom. The normalized spacial score (nSPS) is 11.4. The number of anilines is 2. The first-order chi connectivity index (χ1) is 12.7. The van der Waals surface area contributed by atoms with Crippen LogP contribution in [0.15, 0.2) is 45.9 Å². The lowest BCUT2D eigenvalue weighted by Crippen LogP contribution is -2.19. The molecule has 0 saturated heterocycles. The van der Waals surface area contributed by atoms with Crippen molar-refractivity contribution < 1.29 is 21.7 Å². The van der Waals surface area contributed by atoms with E-state index in [1.165, 1.54) is 12.1 Å². The molecule has 0 fully saturated rings. The molecule has 0 spiro atoms. The molecule has 11 heteroatoms. The summed E-state index contributed by atoms with van der Waals surface area (Å²) in [5.74, 6) is -0.820. The predicted octanol–water partition coefficient (Wildman–Crippen LogP) is 2.49. The molecule has 1 N–H and O–H groups in total. The standard InChI is InChI=1S/C16H15F2N5O3S/c1-10-20-15(21-26-10)9-23(2)16-6-4-12(8-19-16)27(24,25)22-11-3-5-13(17)14(18)7-11/h3-8,22H,9H2,1-2H3. The van der Waals surface area contributed by atoms with Crippen LogP contribution in [0.1, 0.15) is 11.7 Å². The Morgan fingerprint density at radius 3 is 2.56 bits per heavy atom. The summed E-state index contributed by atoms with van der Waals surface area (Å²) < 4.78 is 58.0. The molecule has 0 unspecified atom stereocenters. The first-order valence-corrected chi connectivity index (χ1v) is 9.17. The van der Waals surface area contributed by atoms with Gasteiger partial charge in [-0.1, -0.05) is 5.16 Å². The molecule has 3 rings (SSSR count). The first kappa shape index (κ1) is 18.7. The largest absolute Gasteiger partial charge is 0.352 e. The topological polar surface area (TPSA) is 101 Å². The summed E-state index contributed by atoms with van der Waals surface area (Å²) in [6, 6.07) is 5.58. The molecule has 142 valence electrons. The maximum atomic E-state index is 13.2. The summed E-state index contributed by atoms with van der Waals surface area (Å²) in [6.07, 6.45) is 1.16. The number of pyridine rings is 1. The number of benzene rings is 1. The van der Waals surface area contributed by atoms with Gasteiger partial charge in [-0.25, -0.2) is 22.2 Å². The number of hydrogen-bond donors (Lipinski definition) is 1. The van der Waals surface area contributed by atoms with E-state index in [1.807, 2.05) is 0 Å². The van der Waals surface area contributed by atoms with E-state index in [9.17, 15) is 17.2 Å². The minimum Gasteiger partial charge on any atom is -0.352 e. The van der Waals surface area contributed by atoms with Crippen molar-refractivity contribution in [3.63, 3.8) is 0 Å². The molecule has 27 heavy (non-hydrogen) atoms. The van der Waals surface area contributed by atoms with Crippen LogP contribution in [0.25, 0.3) is 0 Å². The Morgan fingerprint density at radius 1 is 1.19 bits per heavy atom. The van der Waals surface area contributed by atoms with E-state index in [0.717, 1.165) is 24.4 Å². The zero-order chi connectivity index (χ0) is 19.6. The molecule has 1 aromatic carbocycles. The second-order valence-electron chi connectivity index (χ2n) is 5.67. The highest BCUT2D eigenvalue weighted by Crippen LogP contribution is 2.20. The van der Waals surface area contributed by atoms with Gasteiger partial charge in [-0.3, -0.25) is 4.72 Å². The fourth-order valence-corrected chi connectivity index (χ4v) is 3.22. The second kappa shape index (κ2) is 7.27. The van der Waals surface area contributed by atoms with E-state index in [1.54, 1.807) is 18.9 Å². The van der Waals surface area contributed by atoms with E-state index in [-0.39, 0.29) is 10.6 Å². The number of halogens is 2. The van der Waals surface area contributed by atoms with Crippen molar-refractivity contribution in [1.29, 1.82) is 0 Å². The van der Waals surface area contributed by atoms with Crippen molar-refractivity contribution in [3.8, 4) is 0 Å². The Kier molecular flexibility index (Phi) is 5.04. The van der Waals surface area contributed by atoms with Gasteiger partial charge >= 0.3 is 0 Å². The van der Waals surface area contributed by atoms with E-state index in [2.05, 4.69) is 19.8 Å². The van der Waals surface area contributed by atoms with Gasteiger partial charge in [0, 0.05) is 26.2 Å². The van der Waals surface area contributed by atoms with Crippen molar-refractivity contribution in [2.45, 2.75) is 18.4 Å². The van der Waals surface area contributed by atoms with Gasteiger partial charge in [0.15, 0.2) is 17.5 Å². The number of rotatable bonds is 6. The fraction of sp³-hybridized carbons (Fsp3) is 0.188. The van der Waals surface area contributed by atoms with Crippen molar-refractivity contribution >= 4 is 21.5 Å². The molecule has 2 heterocycles. The van der Waals surface area contributed by atoms with Gasteiger partial charge in [0.2, 0.25) is 5.89 Å². The fourth-order valence-electron chi connectivity index (χ4n) is 2.23. The van der Waals surface area contributed by atoms with Crippen LogP contribution in [0.5, 0.6) is 0 Å². The number of sulfonamides is 1. The summed E-state index contributed by atoms with van der Waals surface area (Å²) in [7, 11) is -2.26. The van der Waals surface area contributed by atoms with Gasteiger partial charge in [0.1, 0.15) is 10.7 Å². The summed E-state index contributed by atoms with van der Waals surface area (Å²) in [5.41, 5.74) is -0.0948. The van der Waals surface area contributed by atoms with Gasteiger partial charge in [-0.05, 0) is 24.3 Å². The summed E-state index contributed by atoms with van der Waals surface area (Å²) in [4.78, 5) is 9.78. The van der Waals surface area contributed by atoms with Crippen LogP contribution in [0, 0.1) is 18.6 Å². The van der Waals surface area contributed by atoms with Gasteiger partial charge in [-0.2, -0.15) is 4.98 Å². The third kappa shape index (κ3) is 4.37. The SMILES string of the molecule is Cc1nc(CN(C)c2ccc(S(=O)(=O)Nc3ccc(F)c(F)c3)cn2)no1. The lowest BCUT2D eigenvalue weighted by Gasteiger charge is -2.16. The Balaban J connectivity index is 1.74. The van der Waals surface area contributed by atoms with Crippen LogP contribution in [-0.4, -0.2) is 30.6 Å². The highest BCUT2D eigenvalue weighted by Gasteiger charge is 2.17. The molecule has 8 nitrogen and oxygen atoms in total. The molecular formula is C16H15F2N5O3S. The van der Waals surface area contributed by atoms with E-state index in [0.29, 0.717) is 24.1 Å². The summed E-state index contributed by atoms with van der Waals surface area (Å²) >= 11 is 0. The predicted molar refractivity (Wildman–Crippen MR) is 92.5 cm³/mol. The number of nitrogens with zero attached hydrogens (tertiary/aromatic N) is 4. The molecule has 0 bridgehead atoms. The van der Waals surface area contributed by atoms with Gasteiger partial charge in [0.25, 0.3) is 10.0 Å². The first-order valence-electron chi connectivity index (χ1n) is 7.69. The number of hydrogen-bond acceptors (Lipinski definition) is 7. The minimum absolute atomic E-state index is 0.0948. The molecule has 0 saturated carbocycles. The quantitative estimate of drug-likeness (QED) is 0.684. The Bertz CT molecular complexity index is 1050. The lowest BCUT2D eigenvalue weighted by molar-refractivity contribution is 0.387. The van der Waals surface area contributed by atoms with Crippen LogP contribution in [-0.2, 0) is 16.6 Å². The maximum absolute atomic E-state index is 13.2. The minimum atomic E-state index is -4.00. The molecule has 3 aromatic rings. The molecular weight excluding hydrogens is 380 g/mol. The molecule has 0 aliphatic heterocycles. The second-order valence-corrected chi connectivity index (χ2v) is 7.35. The van der Waals surface area contributed by atoms with Gasteiger partial charge in [-0.15, -0.1) is 0 Å². The number of aromatic nitrogens is 3. The summed E-state index contributed by atoms with van der Waals surface area (Å²) in [5, 5.41) is 3.78. The van der Waals surface area contributed by atoms with Crippen LogP contribution < -0.4 is 9.62 Å². The van der Waals surface area contributed by atoms with Crippen molar-refractivity contribution in [3.05, 3.63) is 59.9 Å². The Hall–Kier alpha value is -3.08. The third-order valence-electron chi connectivity index (χ3n) is 3.54. The number of aryl methyl sites for hydroxylation is 1. The van der Waals surface area contributed by atoms with Crippen LogP contribution in [0.4, 0.5) is 20.3 Å². The number of nitrogens with one attached hydrogen (secondary N) is 1. The smallest absolute Gasteiger partial charge is 0.263 e. The van der Waals surface area contributed by atoms with Crippen LogP contribution in [0.3, 0.4) is 0 Å². The van der Waals surface area contributed by atoms with Gasteiger partial charge in [0.05, 0.1) is 12.2 Å². The molecule has 2 aromatic heterocycles. The van der Waals surface area contributed by atoms with Crippen molar-refractivity contribution in [1.82, 2.24) is 15.1 Å². The third-order valence-corrected chi connectivity index (χ3v) is 4.91. The zero-order valence-corrected chi connectivity index (χ0v) is 15.2. The average Bonchev–Trinajstić information content (AvgIpc) is 3.03. The van der Waals surface area contributed by atoms with Crippen molar-refractivity contribution in [2.75, 3.05) is 16.7 Å². The zero-order valence-electron chi connectivity index (χ0n) is 14.3. The van der Waals surface area contributed by atoms with Gasteiger partial charge < -0.3 is 9.42 Å². The van der Waals surface area contributed by atoms with Crippen LogP contribution in [0.2, 0.25) is 0 Å². The lowest BCUT2D eigenvalue weighted by atomic mass is 10.3. The van der Waals surface area contributed by atoms with Crippen molar-refractivity contribution in [2.24, 2.45) is 0 Å². The average molecular weight is 395 g/mol. The molecule has 0 amide bonds. The summed E-state index contributed by atoms with van der Waals surface area (Å²) in [6.45, 7) is 2.00. The highest BCUT2D eigenvalue weighted by atomic mass is 32.2. The molecule has 0 aliphatic carbocycles. The highest BCUT2D eigenvalue weighted by molar-refractivity contribution is 7.92. The molecule has 0 aliphatic rings. The van der Waals surface area contributed by atoms with Crippen LogP contribution >= 0.6 is 0 Å². The van der Waals surface area contributed by atoms with E-state index < -0.39 is 21.7 Å². The molecule has 0 radical (unpaired) electrons. The Labute approximate surface area is 153 Å². The molecule has 0 atom stereocenters. The monoisotopic (exact) mass is 395 g/mol. The maximum Gasteiger partial charge on any atom is 0.263 e. The van der Waals surface area contributed by atoms with E-state index in [4.69, 9.17) is 4.52 Å².